The second kappa shape index (κ2) is 9.21. The summed E-state index contributed by atoms with van der Waals surface area (Å²) in [5.41, 5.74) is 2.09. The van der Waals surface area contributed by atoms with Crippen LogP contribution >= 0.6 is 35.0 Å². The van der Waals surface area contributed by atoms with E-state index in [0.29, 0.717) is 21.6 Å². The van der Waals surface area contributed by atoms with E-state index in [9.17, 15) is 4.79 Å². The Morgan fingerprint density at radius 2 is 1.88 bits per heavy atom. The molecule has 1 atom stereocenters. The average Bonchev–Trinajstić information content (AvgIpc) is 2.58. The number of carbonyl (C=O) groups is 1. The van der Waals surface area contributed by atoms with Gasteiger partial charge in [0.2, 0.25) is 5.91 Å². The molecule has 1 amide bonds. The predicted molar refractivity (Wildman–Crippen MR) is 102 cm³/mol. The summed E-state index contributed by atoms with van der Waals surface area (Å²) in [7, 11) is 1.63. The molecule has 2 aromatic rings. The molecule has 128 valence electrons. The third-order valence-corrected chi connectivity index (χ3v) is 5.22. The third kappa shape index (κ3) is 5.62. The fourth-order valence-electron chi connectivity index (χ4n) is 2.15. The zero-order valence-corrected chi connectivity index (χ0v) is 15.8. The van der Waals surface area contributed by atoms with Gasteiger partial charge < -0.3 is 10.1 Å². The molecule has 3 nitrogen and oxygen atoms in total. The third-order valence-electron chi connectivity index (χ3n) is 3.48. The maximum Gasteiger partial charge on any atom is 0.230 e. The maximum absolute atomic E-state index is 12.1. The van der Waals surface area contributed by atoms with Gasteiger partial charge in [0.1, 0.15) is 5.75 Å². The van der Waals surface area contributed by atoms with E-state index in [1.807, 2.05) is 43.3 Å². The van der Waals surface area contributed by atoms with E-state index >= 15 is 0 Å². The van der Waals surface area contributed by atoms with E-state index in [1.165, 1.54) is 11.8 Å². The minimum absolute atomic E-state index is 0.00313. The fourth-order valence-corrected chi connectivity index (χ4v) is 3.26. The highest BCUT2D eigenvalue weighted by Gasteiger charge is 2.10. The van der Waals surface area contributed by atoms with Crippen LogP contribution in [0.2, 0.25) is 10.0 Å². The molecule has 0 radical (unpaired) electrons. The van der Waals surface area contributed by atoms with Crippen molar-refractivity contribution in [1.29, 1.82) is 0 Å². The number of carbonyl (C=O) groups excluding carboxylic acids is 1. The standard InChI is InChI=1S/C18H19Cl2NO2S/c1-12(14-4-6-15(23-2)7-5-14)21-18(22)11-24-10-13-3-8-16(19)17(20)9-13/h3-9,12H,10-11H2,1-2H3,(H,21,22)/t12-/m0/s1. The molecular formula is C18H19Cl2NO2S. The lowest BCUT2D eigenvalue weighted by atomic mass is 10.1. The van der Waals surface area contributed by atoms with Crippen molar-refractivity contribution in [2.45, 2.75) is 18.7 Å². The highest BCUT2D eigenvalue weighted by atomic mass is 35.5. The molecule has 0 saturated carbocycles. The molecule has 0 unspecified atom stereocenters. The number of ether oxygens (including phenoxy) is 1. The van der Waals surface area contributed by atoms with Crippen LogP contribution in [-0.2, 0) is 10.5 Å². The first kappa shape index (κ1) is 19.0. The van der Waals surface area contributed by atoms with Crippen molar-refractivity contribution in [2.24, 2.45) is 0 Å². The maximum atomic E-state index is 12.1. The number of nitrogens with one attached hydrogen (secondary N) is 1. The summed E-state index contributed by atoms with van der Waals surface area (Å²) >= 11 is 13.4. The minimum Gasteiger partial charge on any atom is -0.497 e. The molecule has 0 saturated heterocycles. The van der Waals surface area contributed by atoms with Crippen LogP contribution in [0.1, 0.15) is 24.1 Å². The highest BCUT2D eigenvalue weighted by Crippen LogP contribution is 2.24. The average molecular weight is 384 g/mol. The molecule has 0 fully saturated rings. The lowest BCUT2D eigenvalue weighted by Crippen LogP contribution is -2.28. The van der Waals surface area contributed by atoms with E-state index in [2.05, 4.69) is 5.32 Å². The quantitative estimate of drug-likeness (QED) is 0.721. The van der Waals surface area contributed by atoms with Crippen molar-refractivity contribution in [1.82, 2.24) is 5.32 Å². The van der Waals surface area contributed by atoms with Gasteiger partial charge in [0.25, 0.3) is 0 Å². The van der Waals surface area contributed by atoms with Gasteiger partial charge in [-0.1, -0.05) is 41.4 Å². The number of thioether (sulfide) groups is 1. The van der Waals surface area contributed by atoms with Crippen LogP contribution in [0.15, 0.2) is 42.5 Å². The van der Waals surface area contributed by atoms with Crippen molar-refractivity contribution in [3.05, 3.63) is 63.6 Å². The number of benzene rings is 2. The molecule has 2 rings (SSSR count). The fraction of sp³-hybridized carbons (Fsp3) is 0.278. The van der Waals surface area contributed by atoms with Gasteiger partial charge in [0.05, 0.1) is 28.9 Å². The van der Waals surface area contributed by atoms with Crippen molar-refractivity contribution >= 4 is 40.9 Å². The van der Waals surface area contributed by atoms with Crippen LogP contribution in [-0.4, -0.2) is 18.8 Å². The number of methoxy groups -OCH3 is 1. The van der Waals surface area contributed by atoms with E-state index in [4.69, 9.17) is 27.9 Å². The van der Waals surface area contributed by atoms with Crippen LogP contribution in [0.25, 0.3) is 0 Å². The van der Waals surface area contributed by atoms with Crippen molar-refractivity contribution < 1.29 is 9.53 Å². The summed E-state index contributed by atoms with van der Waals surface area (Å²) in [5, 5.41) is 4.07. The Kier molecular flexibility index (Phi) is 7.28. The molecule has 6 heteroatoms. The zero-order chi connectivity index (χ0) is 17.5. The number of amides is 1. The van der Waals surface area contributed by atoms with Crippen LogP contribution in [0, 0.1) is 0 Å². The normalized spacial score (nSPS) is 11.8. The Balaban J connectivity index is 1.78. The second-order valence-electron chi connectivity index (χ2n) is 5.30. The molecule has 0 spiro atoms. The number of rotatable bonds is 7. The van der Waals surface area contributed by atoms with Crippen LogP contribution in [0.5, 0.6) is 5.75 Å². The second-order valence-corrected chi connectivity index (χ2v) is 7.10. The summed E-state index contributed by atoms with van der Waals surface area (Å²) < 4.78 is 5.13. The molecule has 0 bridgehead atoms. The lowest BCUT2D eigenvalue weighted by molar-refractivity contribution is -0.119. The summed E-state index contributed by atoms with van der Waals surface area (Å²) in [6, 6.07) is 13.1. The van der Waals surface area contributed by atoms with Gasteiger partial charge in [0, 0.05) is 5.75 Å². The van der Waals surface area contributed by atoms with Crippen LogP contribution < -0.4 is 10.1 Å². The Labute approximate surface area is 156 Å². The van der Waals surface area contributed by atoms with Gasteiger partial charge in [-0.2, -0.15) is 0 Å². The molecule has 24 heavy (non-hydrogen) atoms. The van der Waals surface area contributed by atoms with Crippen molar-refractivity contribution in [2.75, 3.05) is 12.9 Å². The summed E-state index contributed by atoms with van der Waals surface area (Å²) in [6.45, 7) is 1.96. The molecule has 0 aliphatic heterocycles. The first-order valence-corrected chi connectivity index (χ1v) is 9.35. The molecule has 1 N–H and O–H groups in total. The summed E-state index contributed by atoms with van der Waals surface area (Å²) in [6.07, 6.45) is 0. The van der Waals surface area contributed by atoms with Gasteiger partial charge in [-0.15, -0.1) is 11.8 Å². The van der Waals surface area contributed by atoms with Crippen LogP contribution in [0.4, 0.5) is 0 Å². The van der Waals surface area contributed by atoms with Gasteiger partial charge in [-0.05, 0) is 42.3 Å². The number of halogens is 2. The van der Waals surface area contributed by atoms with Gasteiger partial charge >= 0.3 is 0 Å². The topological polar surface area (TPSA) is 38.3 Å². The first-order chi connectivity index (χ1) is 11.5. The molecule has 2 aromatic carbocycles. The largest absolute Gasteiger partial charge is 0.497 e. The Bertz CT molecular complexity index is 692. The van der Waals surface area contributed by atoms with E-state index in [-0.39, 0.29) is 11.9 Å². The Hall–Kier alpha value is -1.36. The summed E-state index contributed by atoms with van der Waals surface area (Å²) in [5.74, 6) is 1.90. The SMILES string of the molecule is COc1ccc([C@H](C)NC(=O)CSCc2ccc(Cl)c(Cl)c2)cc1. The first-order valence-electron chi connectivity index (χ1n) is 7.44. The Morgan fingerprint density at radius 3 is 2.50 bits per heavy atom. The molecule has 0 aliphatic rings. The molecule has 0 aliphatic carbocycles. The van der Waals surface area contributed by atoms with E-state index < -0.39 is 0 Å². The van der Waals surface area contributed by atoms with E-state index in [0.717, 1.165) is 16.9 Å². The zero-order valence-electron chi connectivity index (χ0n) is 13.5. The van der Waals surface area contributed by atoms with Gasteiger partial charge in [-0.3, -0.25) is 4.79 Å². The summed E-state index contributed by atoms with van der Waals surface area (Å²) in [4.78, 5) is 12.1. The van der Waals surface area contributed by atoms with Crippen LogP contribution in [0.3, 0.4) is 0 Å². The number of hydrogen-bond acceptors (Lipinski definition) is 3. The number of hydrogen-bond donors (Lipinski definition) is 1. The molecule has 0 heterocycles. The van der Waals surface area contributed by atoms with Gasteiger partial charge in [0.15, 0.2) is 0 Å². The highest BCUT2D eigenvalue weighted by molar-refractivity contribution is 7.99. The smallest absolute Gasteiger partial charge is 0.230 e. The van der Waals surface area contributed by atoms with Crippen molar-refractivity contribution in [3.63, 3.8) is 0 Å². The predicted octanol–water partition coefficient (Wildman–Crippen LogP) is 5.11. The van der Waals surface area contributed by atoms with E-state index in [1.54, 1.807) is 13.2 Å². The monoisotopic (exact) mass is 383 g/mol. The lowest BCUT2D eigenvalue weighted by Gasteiger charge is -2.14. The van der Waals surface area contributed by atoms with Crippen molar-refractivity contribution in [3.8, 4) is 5.75 Å². The van der Waals surface area contributed by atoms with Gasteiger partial charge in [-0.25, -0.2) is 0 Å². The molecular weight excluding hydrogens is 365 g/mol. The minimum atomic E-state index is -0.0472. The molecule has 0 aromatic heterocycles. The Morgan fingerprint density at radius 1 is 1.17 bits per heavy atom.